The van der Waals surface area contributed by atoms with E-state index in [0.717, 1.165) is 11.1 Å². The Labute approximate surface area is 155 Å². The van der Waals surface area contributed by atoms with Crippen LogP contribution in [0.3, 0.4) is 0 Å². The van der Waals surface area contributed by atoms with Gasteiger partial charge in [0, 0.05) is 17.5 Å². The first-order chi connectivity index (χ1) is 12.1. The van der Waals surface area contributed by atoms with Gasteiger partial charge in [-0.2, -0.15) is 0 Å². The van der Waals surface area contributed by atoms with Gasteiger partial charge in [0.2, 0.25) is 5.89 Å². The average molecular weight is 376 g/mol. The van der Waals surface area contributed by atoms with Crippen molar-refractivity contribution in [2.45, 2.75) is 12.8 Å². The molecular weight excluding hydrogens is 361 g/mol. The molecule has 0 fully saturated rings. The Balaban J connectivity index is 2.03. The van der Waals surface area contributed by atoms with Gasteiger partial charge in [-0.3, -0.25) is 4.79 Å². The molecule has 0 unspecified atom stereocenters. The van der Waals surface area contributed by atoms with Gasteiger partial charge in [-0.25, -0.2) is 4.98 Å². The summed E-state index contributed by atoms with van der Waals surface area (Å²) in [5.74, 6) is 0.780. The van der Waals surface area contributed by atoms with Gasteiger partial charge in [0.25, 0.3) is 0 Å². The molecule has 0 radical (unpaired) electrons. The Morgan fingerprint density at radius 3 is 2.52 bits per heavy atom. The predicted octanol–water partition coefficient (Wildman–Crippen LogP) is 5.42. The van der Waals surface area contributed by atoms with Crippen LogP contribution in [0.25, 0.3) is 22.7 Å². The van der Waals surface area contributed by atoms with E-state index in [4.69, 9.17) is 32.4 Å². The van der Waals surface area contributed by atoms with Crippen molar-refractivity contribution in [3.05, 3.63) is 64.3 Å². The average Bonchev–Trinajstić information content (AvgIpc) is 3.07. The van der Waals surface area contributed by atoms with Crippen LogP contribution in [-0.2, 0) is 16.0 Å². The van der Waals surface area contributed by atoms with E-state index in [0.29, 0.717) is 33.8 Å². The lowest BCUT2D eigenvalue weighted by Crippen LogP contribution is -2.02. The van der Waals surface area contributed by atoms with Gasteiger partial charge in [-0.1, -0.05) is 47.5 Å². The summed E-state index contributed by atoms with van der Waals surface area (Å²) in [5.41, 5.74) is 2.27. The highest BCUT2D eigenvalue weighted by Gasteiger charge is 2.18. The van der Waals surface area contributed by atoms with Crippen LogP contribution < -0.4 is 0 Å². The lowest BCUT2D eigenvalue weighted by atomic mass is 10.1. The molecule has 128 valence electrons. The molecule has 6 heteroatoms. The lowest BCUT2D eigenvalue weighted by Gasteiger charge is -2.03. The van der Waals surface area contributed by atoms with Crippen molar-refractivity contribution in [2.24, 2.45) is 0 Å². The van der Waals surface area contributed by atoms with Crippen LogP contribution in [0.5, 0.6) is 0 Å². The molecule has 0 spiro atoms. The molecule has 0 atom stereocenters. The minimum atomic E-state index is -0.308. The second kappa shape index (κ2) is 7.72. The number of esters is 1. The second-order valence-electron chi connectivity index (χ2n) is 5.36. The first-order valence-electron chi connectivity index (χ1n) is 7.66. The number of methoxy groups -OCH3 is 1. The van der Waals surface area contributed by atoms with Crippen LogP contribution in [0.15, 0.2) is 52.9 Å². The number of nitrogens with zero attached hydrogens (tertiary/aromatic N) is 1. The van der Waals surface area contributed by atoms with E-state index in [1.54, 1.807) is 12.1 Å². The molecule has 25 heavy (non-hydrogen) atoms. The molecule has 0 N–H and O–H groups in total. The molecule has 0 aliphatic rings. The largest absolute Gasteiger partial charge is 0.469 e. The molecule has 0 aliphatic carbocycles. The van der Waals surface area contributed by atoms with Crippen LogP contribution in [0.4, 0.5) is 0 Å². The molecule has 2 aromatic carbocycles. The highest BCUT2D eigenvalue weighted by molar-refractivity contribution is 6.42. The maximum absolute atomic E-state index is 11.5. The molecule has 4 nitrogen and oxygen atoms in total. The van der Waals surface area contributed by atoms with Crippen LogP contribution in [0, 0.1) is 0 Å². The van der Waals surface area contributed by atoms with Gasteiger partial charge in [0.05, 0.1) is 23.6 Å². The van der Waals surface area contributed by atoms with Gasteiger partial charge in [0.15, 0.2) is 0 Å². The van der Waals surface area contributed by atoms with Crippen LogP contribution in [0.2, 0.25) is 10.0 Å². The summed E-state index contributed by atoms with van der Waals surface area (Å²) in [7, 11) is 1.36. The van der Waals surface area contributed by atoms with E-state index in [1.807, 2.05) is 36.4 Å². The zero-order chi connectivity index (χ0) is 17.8. The van der Waals surface area contributed by atoms with Crippen LogP contribution in [0.1, 0.15) is 12.2 Å². The van der Waals surface area contributed by atoms with Gasteiger partial charge in [0.1, 0.15) is 11.5 Å². The summed E-state index contributed by atoms with van der Waals surface area (Å²) in [5, 5.41) is 0.899. The third kappa shape index (κ3) is 4.03. The Hall–Kier alpha value is -2.30. The first-order valence-corrected chi connectivity index (χ1v) is 8.41. The Morgan fingerprint density at radius 2 is 1.84 bits per heavy atom. The number of oxazole rings is 1. The summed E-state index contributed by atoms with van der Waals surface area (Å²) >= 11 is 12.1. The number of hydrogen-bond donors (Lipinski definition) is 0. The van der Waals surface area contributed by atoms with Gasteiger partial charge in [-0.15, -0.1) is 0 Å². The number of carbonyl (C=O) groups excluding carboxylic acids is 1. The molecule has 0 aliphatic heterocycles. The fraction of sp³-hybridized carbons (Fsp3) is 0.158. The Kier molecular flexibility index (Phi) is 5.41. The van der Waals surface area contributed by atoms with E-state index in [-0.39, 0.29) is 12.4 Å². The quantitative estimate of drug-likeness (QED) is 0.558. The normalized spacial score (nSPS) is 10.7. The van der Waals surface area contributed by atoms with Crippen molar-refractivity contribution < 1.29 is 13.9 Å². The topological polar surface area (TPSA) is 52.3 Å². The van der Waals surface area contributed by atoms with Crippen molar-refractivity contribution in [2.75, 3.05) is 7.11 Å². The number of carbonyl (C=O) groups is 1. The summed E-state index contributed by atoms with van der Waals surface area (Å²) < 4.78 is 10.6. The second-order valence-corrected chi connectivity index (χ2v) is 6.18. The molecule has 0 bridgehead atoms. The Bertz CT molecular complexity index is 891. The van der Waals surface area contributed by atoms with Crippen molar-refractivity contribution in [1.29, 1.82) is 0 Å². The SMILES string of the molecule is COC(=O)CCc1oc(-c2ccccc2)nc1-c1ccc(Cl)c(Cl)c1. The Morgan fingerprint density at radius 1 is 1.08 bits per heavy atom. The number of aromatic nitrogens is 1. The summed E-state index contributed by atoms with van der Waals surface area (Å²) in [4.78, 5) is 16.1. The maximum atomic E-state index is 11.5. The first kappa shape index (κ1) is 17.5. The van der Waals surface area contributed by atoms with E-state index in [1.165, 1.54) is 7.11 Å². The van der Waals surface area contributed by atoms with Crippen molar-refractivity contribution >= 4 is 29.2 Å². The minimum absolute atomic E-state index is 0.203. The molecule has 0 saturated heterocycles. The summed E-state index contributed by atoms with van der Waals surface area (Å²) in [6.07, 6.45) is 0.580. The molecule has 0 amide bonds. The fourth-order valence-electron chi connectivity index (χ4n) is 2.41. The zero-order valence-corrected chi connectivity index (χ0v) is 15.0. The molecule has 1 heterocycles. The number of aryl methyl sites for hydroxylation is 1. The van der Waals surface area contributed by atoms with Crippen molar-refractivity contribution in [3.63, 3.8) is 0 Å². The number of ether oxygens (including phenoxy) is 1. The van der Waals surface area contributed by atoms with Crippen molar-refractivity contribution in [1.82, 2.24) is 4.98 Å². The molecule has 3 rings (SSSR count). The van der Waals surface area contributed by atoms with Crippen molar-refractivity contribution in [3.8, 4) is 22.7 Å². The number of halogens is 2. The molecular formula is C19H15Cl2NO3. The molecule has 1 aromatic heterocycles. The van der Waals surface area contributed by atoms with Crippen LogP contribution in [-0.4, -0.2) is 18.1 Å². The third-order valence-electron chi connectivity index (χ3n) is 3.69. The standard InChI is InChI=1S/C19H15Cl2NO3/c1-24-17(23)10-9-16-18(13-7-8-14(20)15(21)11-13)22-19(25-16)12-5-3-2-4-6-12/h2-8,11H,9-10H2,1H3. The highest BCUT2D eigenvalue weighted by atomic mass is 35.5. The van der Waals surface area contributed by atoms with E-state index in [9.17, 15) is 4.79 Å². The number of benzene rings is 2. The lowest BCUT2D eigenvalue weighted by molar-refractivity contribution is -0.140. The molecule has 0 saturated carbocycles. The third-order valence-corrected chi connectivity index (χ3v) is 4.43. The van der Waals surface area contributed by atoms with Gasteiger partial charge < -0.3 is 9.15 Å². The highest BCUT2D eigenvalue weighted by Crippen LogP contribution is 2.33. The maximum Gasteiger partial charge on any atom is 0.305 e. The van der Waals surface area contributed by atoms with Gasteiger partial charge in [-0.05, 0) is 24.3 Å². The summed E-state index contributed by atoms with van der Waals surface area (Å²) in [6, 6.07) is 14.8. The minimum Gasteiger partial charge on any atom is -0.469 e. The number of rotatable bonds is 5. The summed E-state index contributed by atoms with van der Waals surface area (Å²) in [6.45, 7) is 0. The van der Waals surface area contributed by atoms with Crippen LogP contribution >= 0.6 is 23.2 Å². The number of hydrogen-bond acceptors (Lipinski definition) is 4. The van der Waals surface area contributed by atoms with E-state index < -0.39 is 0 Å². The molecule has 3 aromatic rings. The van der Waals surface area contributed by atoms with Gasteiger partial charge >= 0.3 is 5.97 Å². The monoisotopic (exact) mass is 375 g/mol. The fourth-order valence-corrected chi connectivity index (χ4v) is 2.71. The zero-order valence-electron chi connectivity index (χ0n) is 13.5. The van der Waals surface area contributed by atoms with E-state index in [2.05, 4.69) is 4.98 Å². The van der Waals surface area contributed by atoms with E-state index >= 15 is 0 Å². The smallest absolute Gasteiger partial charge is 0.305 e. The predicted molar refractivity (Wildman–Crippen MR) is 97.7 cm³/mol.